The molecule has 0 amide bonds. The summed E-state index contributed by atoms with van der Waals surface area (Å²) in [5, 5.41) is 4.37. The highest BCUT2D eigenvalue weighted by atomic mass is 16.5. The molecule has 1 N–H and O–H groups in total. The number of hydrogen-bond donors (Lipinski definition) is 1. The second-order valence-corrected chi connectivity index (χ2v) is 4.40. The predicted molar refractivity (Wildman–Crippen MR) is 79.9 cm³/mol. The molecule has 1 heterocycles. The molecule has 0 aliphatic carbocycles. The van der Waals surface area contributed by atoms with Gasteiger partial charge in [0.15, 0.2) is 0 Å². The van der Waals surface area contributed by atoms with Crippen molar-refractivity contribution < 1.29 is 4.74 Å². The van der Waals surface area contributed by atoms with E-state index in [-0.39, 0.29) is 0 Å². The molecule has 0 radical (unpaired) electrons. The maximum Gasteiger partial charge on any atom is 0.137 e. The summed E-state index contributed by atoms with van der Waals surface area (Å²) in [5.41, 5.74) is 2.03. The van der Waals surface area contributed by atoms with Crippen LogP contribution < -0.4 is 10.1 Å². The molecule has 2 aromatic carbocycles. The number of nitrogens with zero attached hydrogens (tertiary/aromatic N) is 2. The summed E-state index contributed by atoms with van der Waals surface area (Å²) < 4.78 is 5.35. The van der Waals surface area contributed by atoms with Crippen LogP contribution in [0.3, 0.4) is 0 Å². The van der Waals surface area contributed by atoms with Crippen molar-refractivity contribution in [3.63, 3.8) is 0 Å². The van der Waals surface area contributed by atoms with E-state index in [2.05, 4.69) is 15.3 Å². The Bertz CT molecular complexity index is 722. The van der Waals surface area contributed by atoms with Crippen molar-refractivity contribution in [3.8, 4) is 5.75 Å². The number of methoxy groups -OCH3 is 1. The average Bonchev–Trinajstić information content (AvgIpc) is 2.53. The van der Waals surface area contributed by atoms with Crippen LogP contribution in [0.1, 0.15) is 5.56 Å². The summed E-state index contributed by atoms with van der Waals surface area (Å²) in [5.74, 6) is 1.71. The fourth-order valence-electron chi connectivity index (χ4n) is 2.17. The minimum absolute atomic E-state index is 0.658. The van der Waals surface area contributed by atoms with Crippen molar-refractivity contribution >= 4 is 16.7 Å². The van der Waals surface area contributed by atoms with Crippen LogP contribution in [-0.2, 0) is 6.54 Å². The maximum atomic E-state index is 5.35. The number of para-hydroxylation sites is 2. The Morgan fingerprint density at radius 1 is 1.00 bits per heavy atom. The Labute approximate surface area is 117 Å². The molecule has 0 aliphatic heterocycles. The van der Waals surface area contributed by atoms with Gasteiger partial charge >= 0.3 is 0 Å². The lowest BCUT2D eigenvalue weighted by atomic mass is 10.2. The highest BCUT2D eigenvalue weighted by molar-refractivity contribution is 5.88. The zero-order valence-electron chi connectivity index (χ0n) is 11.2. The minimum Gasteiger partial charge on any atom is -0.496 e. The van der Waals surface area contributed by atoms with Gasteiger partial charge in [-0.2, -0.15) is 0 Å². The summed E-state index contributed by atoms with van der Waals surface area (Å²) >= 11 is 0. The summed E-state index contributed by atoms with van der Waals surface area (Å²) in [4.78, 5) is 8.57. The number of nitrogens with one attached hydrogen (secondary N) is 1. The number of anilines is 1. The molecule has 4 nitrogen and oxygen atoms in total. The van der Waals surface area contributed by atoms with Crippen LogP contribution in [0.5, 0.6) is 5.75 Å². The van der Waals surface area contributed by atoms with Crippen LogP contribution >= 0.6 is 0 Å². The number of benzene rings is 2. The first-order valence-corrected chi connectivity index (χ1v) is 6.44. The molecule has 3 rings (SSSR count). The van der Waals surface area contributed by atoms with E-state index in [1.807, 2.05) is 48.5 Å². The Morgan fingerprint density at radius 2 is 1.80 bits per heavy atom. The van der Waals surface area contributed by atoms with Crippen molar-refractivity contribution in [3.05, 3.63) is 60.4 Å². The van der Waals surface area contributed by atoms with E-state index in [0.717, 1.165) is 28.0 Å². The average molecular weight is 265 g/mol. The van der Waals surface area contributed by atoms with E-state index in [9.17, 15) is 0 Å². The lowest BCUT2D eigenvalue weighted by molar-refractivity contribution is 0.410. The molecule has 1 aromatic heterocycles. The Balaban J connectivity index is 1.87. The SMILES string of the molecule is COc1ccccc1CNc1ncnc2ccccc12. The van der Waals surface area contributed by atoms with Gasteiger partial charge in [-0.25, -0.2) is 9.97 Å². The number of hydrogen-bond acceptors (Lipinski definition) is 4. The quantitative estimate of drug-likeness (QED) is 0.786. The number of rotatable bonds is 4. The van der Waals surface area contributed by atoms with Crippen molar-refractivity contribution in [2.75, 3.05) is 12.4 Å². The van der Waals surface area contributed by atoms with Crippen molar-refractivity contribution in [2.24, 2.45) is 0 Å². The molecule has 0 aliphatic rings. The Morgan fingerprint density at radius 3 is 2.70 bits per heavy atom. The minimum atomic E-state index is 0.658. The number of ether oxygens (including phenoxy) is 1. The van der Waals surface area contributed by atoms with Gasteiger partial charge in [0.05, 0.1) is 12.6 Å². The first-order valence-electron chi connectivity index (χ1n) is 6.44. The van der Waals surface area contributed by atoms with Gasteiger partial charge in [0.25, 0.3) is 0 Å². The van der Waals surface area contributed by atoms with Gasteiger partial charge < -0.3 is 10.1 Å². The van der Waals surface area contributed by atoms with Crippen molar-refractivity contribution in [1.29, 1.82) is 0 Å². The maximum absolute atomic E-state index is 5.35. The molecule has 0 unspecified atom stereocenters. The normalized spacial score (nSPS) is 10.4. The fourth-order valence-corrected chi connectivity index (χ4v) is 2.17. The van der Waals surface area contributed by atoms with Gasteiger partial charge in [-0.3, -0.25) is 0 Å². The molecule has 4 heteroatoms. The predicted octanol–water partition coefficient (Wildman–Crippen LogP) is 3.25. The molecule has 20 heavy (non-hydrogen) atoms. The lowest BCUT2D eigenvalue weighted by Crippen LogP contribution is -2.04. The van der Waals surface area contributed by atoms with Gasteiger partial charge in [-0.05, 0) is 18.2 Å². The molecule has 0 spiro atoms. The molecule has 0 saturated carbocycles. The van der Waals surface area contributed by atoms with Crippen LogP contribution in [0.4, 0.5) is 5.82 Å². The van der Waals surface area contributed by atoms with Gasteiger partial charge in [0.1, 0.15) is 17.9 Å². The molecule has 100 valence electrons. The van der Waals surface area contributed by atoms with E-state index >= 15 is 0 Å². The molecule has 3 aromatic rings. The highest BCUT2D eigenvalue weighted by Crippen LogP contribution is 2.22. The van der Waals surface area contributed by atoms with Crippen LogP contribution in [0.15, 0.2) is 54.9 Å². The van der Waals surface area contributed by atoms with Crippen molar-refractivity contribution in [2.45, 2.75) is 6.54 Å². The molecular formula is C16H15N3O. The molecule has 0 fully saturated rings. The van der Waals surface area contributed by atoms with E-state index in [4.69, 9.17) is 4.74 Å². The van der Waals surface area contributed by atoms with Crippen LogP contribution in [0, 0.1) is 0 Å². The Hall–Kier alpha value is -2.62. The second-order valence-electron chi connectivity index (χ2n) is 4.40. The third-order valence-electron chi connectivity index (χ3n) is 3.18. The topological polar surface area (TPSA) is 47.0 Å². The summed E-state index contributed by atoms with van der Waals surface area (Å²) in [6.45, 7) is 0.658. The third-order valence-corrected chi connectivity index (χ3v) is 3.18. The smallest absolute Gasteiger partial charge is 0.137 e. The van der Waals surface area contributed by atoms with E-state index in [0.29, 0.717) is 6.54 Å². The zero-order valence-corrected chi connectivity index (χ0v) is 11.2. The first kappa shape index (κ1) is 12.4. The van der Waals surface area contributed by atoms with E-state index in [1.54, 1.807) is 13.4 Å². The molecule has 0 atom stereocenters. The molecule has 0 saturated heterocycles. The van der Waals surface area contributed by atoms with Crippen molar-refractivity contribution in [1.82, 2.24) is 9.97 Å². The van der Waals surface area contributed by atoms with Crippen LogP contribution in [0.2, 0.25) is 0 Å². The van der Waals surface area contributed by atoms with Crippen LogP contribution in [0.25, 0.3) is 10.9 Å². The van der Waals surface area contributed by atoms with E-state index in [1.165, 1.54) is 0 Å². The lowest BCUT2D eigenvalue weighted by Gasteiger charge is -2.11. The zero-order chi connectivity index (χ0) is 13.8. The number of aromatic nitrogens is 2. The first-order chi connectivity index (χ1) is 9.88. The van der Waals surface area contributed by atoms with Gasteiger partial charge in [-0.1, -0.05) is 30.3 Å². The van der Waals surface area contributed by atoms with E-state index < -0.39 is 0 Å². The Kier molecular flexibility index (Phi) is 3.46. The highest BCUT2D eigenvalue weighted by Gasteiger charge is 2.05. The largest absolute Gasteiger partial charge is 0.496 e. The third kappa shape index (κ3) is 2.40. The summed E-state index contributed by atoms with van der Waals surface area (Å²) in [6, 6.07) is 15.9. The standard InChI is InChI=1S/C16H15N3O/c1-20-15-9-5-2-6-12(15)10-17-16-13-7-3-4-8-14(13)18-11-19-16/h2-9,11H,10H2,1H3,(H,17,18,19). The molecule has 0 bridgehead atoms. The molecular weight excluding hydrogens is 250 g/mol. The van der Waals surface area contributed by atoms with Crippen LogP contribution in [-0.4, -0.2) is 17.1 Å². The van der Waals surface area contributed by atoms with Gasteiger partial charge in [-0.15, -0.1) is 0 Å². The van der Waals surface area contributed by atoms with Gasteiger partial charge in [0.2, 0.25) is 0 Å². The monoisotopic (exact) mass is 265 g/mol. The second kappa shape index (κ2) is 5.57. The number of fused-ring (bicyclic) bond motifs is 1. The summed E-state index contributed by atoms with van der Waals surface area (Å²) in [6.07, 6.45) is 1.58. The fraction of sp³-hybridized carbons (Fsp3) is 0.125. The summed E-state index contributed by atoms with van der Waals surface area (Å²) in [7, 11) is 1.68. The van der Waals surface area contributed by atoms with Gasteiger partial charge in [0, 0.05) is 17.5 Å².